The SMILES string of the molecule is OCc1ccc(OCCCCCCC2=CC=CC2)cc1. The molecule has 1 aliphatic carbocycles. The second kappa shape index (κ2) is 8.60. The maximum atomic E-state index is 8.95. The number of aliphatic hydroxyl groups is 1. The average Bonchev–Trinajstić information content (AvgIpc) is 3.00. The van der Waals surface area contributed by atoms with Crippen LogP contribution in [0.3, 0.4) is 0 Å². The molecule has 1 N–H and O–H groups in total. The van der Waals surface area contributed by atoms with Crippen molar-refractivity contribution in [3.8, 4) is 5.75 Å². The van der Waals surface area contributed by atoms with Crippen LogP contribution < -0.4 is 4.74 Å². The molecule has 1 aromatic rings. The molecule has 0 radical (unpaired) electrons. The lowest BCUT2D eigenvalue weighted by atomic mass is 10.1. The Hall–Kier alpha value is -1.54. The highest BCUT2D eigenvalue weighted by Gasteiger charge is 1.99. The first-order valence-electron chi connectivity index (χ1n) is 7.55. The maximum Gasteiger partial charge on any atom is 0.119 e. The fraction of sp³-hybridized carbons (Fsp3) is 0.444. The van der Waals surface area contributed by atoms with Crippen molar-refractivity contribution in [2.45, 2.75) is 45.1 Å². The van der Waals surface area contributed by atoms with Crippen molar-refractivity contribution in [3.05, 3.63) is 53.6 Å². The third-order valence-corrected chi connectivity index (χ3v) is 3.61. The lowest BCUT2D eigenvalue weighted by molar-refractivity contribution is 0.281. The summed E-state index contributed by atoms with van der Waals surface area (Å²) in [6.45, 7) is 0.870. The van der Waals surface area contributed by atoms with Gasteiger partial charge in [-0.15, -0.1) is 0 Å². The summed E-state index contributed by atoms with van der Waals surface area (Å²) in [5, 5.41) is 8.95. The second-order valence-electron chi connectivity index (χ2n) is 5.27. The van der Waals surface area contributed by atoms with E-state index < -0.39 is 0 Å². The first-order chi connectivity index (χ1) is 9.88. The molecule has 0 fully saturated rings. The highest BCUT2D eigenvalue weighted by molar-refractivity contribution is 5.26. The van der Waals surface area contributed by atoms with Crippen molar-refractivity contribution in [1.29, 1.82) is 0 Å². The highest BCUT2D eigenvalue weighted by atomic mass is 16.5. The van der Waals surface area contributed by atoms with Crippen molar-refractivity contribution in [1.82, 2.24) is 0 Å². The zero-order valence-electron chi connectivity index (χ0n) is 12.1. The van der Waals surface area contributed by atoms with Gasteiger partial charge >= 0.3 is 0 Å². The van der Waals surface area contributed by atoms with Crippen LogP contribution in [0.1, 0.15) is 44.1 Å². The second-order valence-corrected chi connectivity index (χ2v) is 5.27. The number of ether oxygens (including phenoxy) is 1. The Morgan fingerprint density at radius 3 is 2.50 bits per heavy atom. The van der Waals surface area contributed by atoms with E-state index in [0.717, 1.165) is 30.8 Å². The number of hydrogen-bond donors (Lipinski definition) is 1. The van der Waals surface area contributed by atoms with Gasteiger partial charge in [-0.25, -0.2) is 0 Å². The van der Waals surface area contributed by atoms with Crippen LogP contribution in [0, 0.1) is 0 Å². The van der Waals surface area contributed by atoms with Gasteiger partial charge < -0.3 is 9.84 Å². The summed E-state index contributed by atoms with van der Waals surface area (Å²) in [6.07, 6.45) is 14.0. The molecular formula is C18H24O2. The summed E-state index contributed by atoms with van der Waals surface area (Å²) in [6, 6.07) is 7.65. The van der Waals surface area contributed by atoms with Gasteiger partial charge in [0.2, 0.25) is 0 Å². The van der Waals surface area contributed by atoms with E-state index >= 15 is 0 Å². The monoisotopic (exact) mass is 272 g/mol. The van der Waals surface area contributed by atoms with Crippen LogP contribution in [0.25, 0.3) is 0 Å². The standard InChI is InChI=1S/C18H24O2/c19-15-17-10-12-18(13-11-17)20-14-6-2-1-3-7-16-8-4-5-9-16/h4-5,8,10-13,19H,1-3,6-7,9,14-15H2. The van der Waals surface area contributed by atoms with Crippen molar-refractivity contribution >= 4 is 0 Å². The zero-order chi connectivity index (χ0) is 14.0. The number of rotatable bonds is 9. The van der Waals surface area contributed by atoms with Crippen LogP contribution in [0.5, 0.6) is 5.75 Å². The number of hydrogen-bond acceptors (Lipinski definition) is 2. The van der Waals surface area contributed by atoms with Crippen LogP contribution in [0.4, 0.5) is 0 Å². The van der Waals surface area contributed by atoms with Gasteiger partial charge in [-0.2, -0.15) is 0 Å². The van der Waals surface area contributed by atoms with Crippen molar-refractivity contribution in [2.24, 2.45) is 0 Å². The Morgan fingerprint density at radius 1 is 1.00 bits per heavy atom. The molecule has 1 aliphatic rings. The molecule has 2 nitrogen and oxygen atoms in total. The number of unbranched alkanes of at least 4 members (excludes halogenated alkanes) is 3. The van der Waals surface area contributed by atoms with Gasteiger partial charge in [0.15, 0.2) is 0 Å². The van der Waals surface area contributed by atoms with E-state index in [1.54, 1.807) is 5.57 Å². The minimum absolute atomic E-state index is 0.0895. The molecule has 0 bridgehead atoms. The zero-order valence-corrected chi connectivity index (χ0v) is 12.1. The predicted molar refractivity (Wildman–Crippen MR) is 82.8 cm³/mol. The number of benzene rings is 1. The molecule has 0 amide bonds. The summed E-state index contributed by atoms with van der Waals surface area (Å²) in [7, 11) is 0. The van der Waals surface area contributed by atoms with E-state index in [4.69, 9.17) is 9.84 Å². The van der Waals surface area contributed by atoms with Crippen molar-refractivity contribution < 1.29 is 9.84 Å². The molecule has 0 heterocycles. The first-order valence-corrected chi connectivity index (χ1v) is 7.55. The molecular weight excluding hydrogens is 248 g/mol. The predicted octanol–water partition coefficient (Wildman–Crippen LogP) is 4.39. The summed E-state index contributed by atoms with van der Waals surface area (Å²) in [5.41, 5.74) is 2.50. The first kappa shape index (κ1) is 14.9. The fourth-order valence-electron chi connectivity index (χ4n) is 2.37. The Labute approximate surface area is 121 Å². The van der Waals surface area contributed by atoms with Crippen molar-refractivity contribution in [2.75, 3.05) is 6.61 Å². The third-order valence-electron chi connectivity index (χ3n) is 3.61. The molecule has 0 saturated carbocycles. The molecule has 0 atom stereocenters. The van der Waals surface area contributed by atoms with Gasteiger partial charge in [0.05, 0.1) is 13.2 Å². The van der Waals surface area contributed by atoms with Gasteiger partial charge in [0, 0.05) is 0 Å². The molecule has 1 aromatic carbocycles. The minimum atomic E-state index is 0.0895. The van der Waals surface area contributed by atoms with Gasteiger partial charge in [0.25, 0.3) is 0 Å². The number of aliphatic hydroxyl groups excluding tert-OH is 1. The summed E-state index contributed by atoms with van der Waals surface area (Å²) in [5.74, 6) is 0.893. The molecule has 0 unspecified atom stereocenters. The maximum absolute atomic E-state index is 8.95. The molecule has 0 saturated heterocycles. The molecule has 20 heavy (non-hydrogen) atoms. The van der Waals surface area contributed by atoms with Gasteiger partial charge in [0.1, 0.15) is 5.75 Å². The van der Waals surface area contributed by atoms with Crippen LogP contribution in [0.2, 0.25) is 0 Å². The van der Waals surface area contributed by atoms with Crippen LogP contribution in [-0.2, 0) is 6.61 Å². The van der Waals surface area contributed by atoms with Gasteiger partial charge in [-0.3, -0.25) is 0 Å². The van der Waals surface area contributed by atoms with E-state index in [2.05, 4.69) is 18.2 Å². The minimum Gasteiger partial charge on any atom is -0.494 e. The molecule has 0 spiro atoms. The molecule has 2 heteroatoms. The van der Waals surface area contributed by atoms with Crippen LogP contribution in [0.15, 0.2) is 48.1 Å². The normalized spacial score (nSPS) is 13.6. The Bertz CT molecular complexity index is 443. The highest BCUT2D eigenvalue weighted by Crippen LogP contribution is 2.18. The van der Waals surface area contributed by atoms with E-state index in [-0.39, 0.29) is 6.61 Å². The fourth-order valence-corrected chi connectivity index (χ4v) is 2.37. The largest absolute Gasteiger partial charge is 0.494 e. The Balaban J connectivity index is 1.48. The molecule has 2 rings (SSSR count). The topological polar surface area (TPSA) is 29.5 Å². The molecule has 0 aromatic heterocycles. The van der Waals surface area contributed by atoms with Gasteiger partial charge in [-0.05, 0) is 43.4 Å². The van der Waals surface area contributed by atoms with Crippen molar-refractivity contribution in [3.63, 3.8) is 0 Å². The van der Waals surface area contributed by atoms with Crippen LogP contribution in [-0.4, -0.2) is 11.7 Å². The van der Waals surface area contributed by atoms with E-state index in [9.17, 15) is 0 Å². The van der Waals surface area contributed by atoms with Crippen LogP contribution >= 0.6 is 0 Å². The molecule has 0 aliphatic heterocycles. The Morgan fingerprint density at radius 2 is 1.80 bits per heavy atom. The smallest absolute Gasteiger partial charge is 0.119 e. The average molecular weight is 272 g/mol. The quantitative estimate of drug-likeness (QED) is 0.675. The van der Waals surface area contributed by atoms with E-state index in [1.165, 1.54) is 25.7 Å². The van der Waals surface area contributed by atoms with Gasteiger partial charge in [-0.1, -0.05) is 48.8 Å². The lowest BCUT2D eigenvalue weighted by Gasteiger charge is -2.07. The Kier molecular flexibility index (Phi) is 6.39. The summed E-state index contributed by atoms with van der Waals surface area (Å²) in [4.78, 5) is 0. The van der Waals surface area contributed by atoms with E-state index in [1.807, 2.05) is 24.3 Å². The summed E-state index contributed by atoms with van der Waals surface area (Å²) < 4.78 is 5.68. The van der Waals surface area contributed by atoms with E-state index in [0.29, 0.717) is 0 Å². The lowest BCUT2D eigenvalue weighted by Crippen LogP contribution is -1.97. The number of allylic oxidation sites excluding steroid dienone is 4. The third kappa shape index (κ3) is 5.22. The summed E-state index contributed by atoms with van der Waals surface area (Å²) >= 11 is 0. The molecule has 108 valence electrons.